The Bertz CT molecular complexity index is 1530. The fourth-order valence-electron chi connectivity index (χ4n) is 5.33. The molecular formula is C31H25FNO2SSi. The Morgan fingerprint density at radius 3 is 2.22 bits per heavy atom. The molecule has 1 radical (unpaired) electrons. The van der Waals surface area contributed by atoms with Crippen molar-refractivity contribution in [2.24, 2.45) is 0 Å². The van der Waals surface area contributed by atoms with Crippen LogP contribution in [0.2, 0.25) is 12.1 Å². The van der Waals surface area contributed by atoms with Crippen LogP contribution in [0, 0.1) is 12.7 Å². The van der Waals surface area contributed by atoms with Crippen LogP contribution in [0.4, 0.5) is 20.8 Å². The number of nitrogens with zero attached hydrogens (tertiary/aromatic N) is 1. The van der Waals surface area contributed by atoms with E-state index in [0.29, 0.717) is 11.1 Å². The van der Waals surface area contributed by atoms with E-state index in [0.717, 1.165) is 26.8 Å². The van der Waals surface area contributed by atoms with Crippen LogP contribution in [0.5, 0.6) is 0 Å². The second-order valence-corrected chi connectivity index (χ2v) is 13.4. The highest BCUT2D eigenvalue weighted by molar-refractivity contribution is 7.17. The van der Waals surface area contributed by atoms with E-state index in [1.54, 1.807) is 42.5 Å². The number of anilines is 3. The first kappa shape index (κ1) is 23.8. The van der Waals surface area contributed by atoms with E-state index in [9.17, 15) is 14.0 Å². The summed E-state index contributed by atoms with van der Waals surface area (Å²) in [4.78, 5) is 28.8. The van der Waals surface area contributed by atoms with E-state index >= 15 is 0 Å². The lowest BCUT2D eigenvalue weighted by molar-refractivity contribution is 0.0990. The van der Waals surface area contributed by atoms with Crippen molar-refractivity contribution in [1.82, 2.24) is 0 Å². The molecular weight excluding hydrogens is 497 g/mol. The van der Waals surface area contributed by atoms with E-state index in [1.165, 1.54) is 41.5 Å². The number of aryl methyl sites for hydroxylation is 1. The number of Topliss-reactive ketones (excluding diaryl/α,β-unsaturated/α-hetero) is 2. The van der Waals surface area contributed by atoms with Gasteiger partial charge >= 0.3 is 0 Å². The second kappa shape index (κ2) is 9.69. The molecule has 0 atom stereocenters. The molecule has 1 saturated heterocycles. The van der Waals surface area contributed by atoms with Crippen molar-refractivity contribution >= 4 is 59.3 Å². The SMILES string of the molecule is Cc1ccccc1N(c1ccc(C=C2C(=O)c3ccccc3C2=O)s1)c1cc(F)ccc1[Si]1CCCC1. The number of ketones is 2. The van der Waals surface area contributed by atoms with Gasteiger partial charge in [0.25, 0.3) is 0 Å². The molecule has 0 spiro atoms. The van der Waals surface area contributed by atoms with Crippen LogP contribution >= 0.6 is 11.3 Å². The van der Waals surface area contributed by atoms with Crippen LogP contribution in [-0.4, -0.2) is 20.4 Å². The van der Waals surface area contributed by atoms with Crippen LogP contribution in [0.25, 0.3) is 6.08 Å². The van der Waals surface area contributed by atoms with E-state index in [-0.39, 0.29) is 23.0 Å². The Morgan fingerprint density at radius 1 is 0.838 bits per heavy atom. The average molecular weight is 523 g/mol. The number of hydrogen-bond donors (Lipinski definition) is 0. The molecule has 2 heterocycles. The van der Waals surface area contributed by atoms with Crippen molar-refractivity contribution in [2.45, 2.75) is 31.9 Å². The van der Waals surface area contributed by atoms with Crippen molar-refractivity contribution < 1.29 is 14.0 Å². The number of carbonyl (C=O) groups excluding carboxylic acids is 2. The third kappa shape index (κ3) is 4.30. The largest absolute Gasteiger partial charge is 0.302 e. The van der Waals surface area contributed by atoms with Crippen molar-refractivity contribution in [3.05, 3.63) is 112 Å². The minimum Gasteiger partial charge on any atom is -0.302 e. The lowest BCUT2D eigenvalue weighted by Gasteiger charge is -2.29. The summed E-state index contributed by atoms with van der Waals surface area (Å²) in [6, 6.07) is 26.7. The number of rotatable bonds is 5. The zero-order valence-corrected chi connectivity index (χ0v) is 22.3. The van der Waals surface area contributed by atoms with Gasteiger partial charge < -0.3 is 4.90 Å². The highest BCUT2D eigenvalue weighted by Gasteiger charge is 2.33. The fraction of sp³-hybridized carbons (Fsp3) is 0.161. The summed E-state index contributed by atoms with van der Waals surface area (Å²) in [6.45, 7) is 2.06. The second-order valence-electron chi connectivity index (χ2n) is 9.53. The number of para-hydroxylation sites is 1. The van der Waals surface area contributed by atoms with Crippen molar-refractivity contribution in [3.63, 3.8) is 0 Å². The van der Waals surface area contributed by atoms with Gasteiger partial charge in [0.2, 0.25) is 0 Å². The number of halogens is 1. The van der Waals surface area contributed by atoms with Crippen LogP contribution in [0.15, 0.2) is 84.4 Å². The molecule has 6 rings (SSSR count). The molecule has 37 heavy (non-hydrogen) atoms. The van der Waals surface area contributed by atoms with Crippen LogP contribution < -0.4 is 10.1 Å². The molecule has 0 amide bonds. The first-order chi connectivity index (χ1) is 18.0. The fourth-order valence-corrected chi connectivity index (χ4v) is 9.31. The Morgan fingerprint density at radius 2 is 1.51 bits per heavy atom. The summed E-state index contributed by atoms with van der Waals surface area (Å²) in [5.41, 5.74) is 4.09. The Labute approximate surface area is 221 Å². The summed E-state index contributed by atoms with van der Waals surface area (Å²) in [7, 11) is -0.768. The molecule has 1 aliphatic carbocycles. The smallest absolute Gasteiger partial charge is 0.197 e. The molecule has 2 aliphatic rings. The molecule has 1 fully saturated rings. The molecule has 1 aromatic heterocycles. The molecule has 0 bridgehead atoms. The highest BCUT2D eigenvalue weighted by Crippen LogP contribution is 2.41. The van der Waals surface area contributed by atoms with Gasteiger partial charge in [0.15, 0.2) is 11.6 Å². The summed E-state index contributed by atoms with van der Waals surface area (Å²) >= 11 is 1.50. The number of carbonyl (C=O) groups is 2. The Balaban J connectivity index is 1.46. The van der Waals surface area contributed by atoms with Gasteiger partial charge in [-0.05, 0) is 54.1 Å². The molecule has 0 unspecified atom stereocenters. The molecule has 183 valence electrons. The maximum absolute atomic E-state index is 14.7. The predicted molar refractivity (Wildman–Crippen MR) is 151 cm³/mol. The van der Waals surface area contributed by atoms with Gasteiger partial charge in [0.1, 0.15) is 10.8 Å². The van der Waals surface area contributed by atoms with E-state index in [2.05, 4.69) is 24.0 Å². The van der Waals surface area contributed by atoms with E-state index in [1.807, 2.05) is 30.3 Å². The zero-order valence-electron chi connectivity index (χ0n) is 20.5. The third-order valence-electron chi connectivity index (χ3n) is 7.17. The first-order valence-electron chi connectivity index (χ1n) is 12.5. The standard InChI is InChI=1S/C31H25FNO2SSi/c1-20-8-2-5-11-26(20)33(27-18-21(32)12-14-28(27)37-16-6-7-17-37)29-15-13-22(36-29)19-25-30(34)23-9-3-4-10-24(23)31(25)35/h2-5,8-15,18-19H,6-7,16-17H2,1H3. The lowest BCUT2D eigenvalue weighted by Crippen LogP contribution is -2.31. The van der Waals surface area contributed by atoms with Gasteiger partial charge in [0.05, 0.1) is 14.4 Å². The van der Waals surface area contributed by atoms with Crippen LogP contribution in [0.1, 0.15) is 44.0 Å². The normalized spacial score (nSPS) is 15.4. The molecule has 0 saturated carbocycles. The number of benzene rings is 3. The van der Waals surface area contributed by atoms with Gasteiger partial charge in [-0.15, -0.1) is 11.3 Å². The maximum atomic E-state index is 14.7. The molecule has 6 heteroatoms. The average Bonchev–Trinajstić information content (AvgIpc) is 3.65. The maximum Gasteiger partial charge on any atom is 0.197 e. The Kier molecular flexibility index (Phi) is 6.22. The van der Waals surface area contributed by atoms with E-state index < -0.39 is 8.80 Å². The van der Waals surface area contributed by atoms with Gasteiger partial charge in [-0.3, -0.25) is 9.59 Å². The minimum absolute atomic E-state index is 0.194. The molecule has 0 N–H and O–H groups in total. The molecule has 3 nitrogen and oxygen atoms in total. The van der Waals surface area contributed by atoms with Crippen molar-refractivity contribution in [2.75, 3.05) is 4.90 Å². The van der Waals surface area contributed by atoms with E-state index in [4.69, 9.17) is 0 Å². The quantitative estimate of drug-likeness (QED) is 0.154. The number of allylic oxidation sites excluding steroid dienone is 1. The summed E-state index contributed by atoms with van der Waals surface area (Å²) in [5, 5.41) is 2.18. The summed E-state index contributed by atoms with van der Waals surface area (Å²) < 4.78 is 14.7. The molecule has 3 aromatic carbocycles. The Hall–Kier alpha value is -3.61. The molecule has 1 aliphatic heterocycles. The minimum atomic E-state index is -0.768. The monoisotopic (exact) mass is 522 g/mol. The van der Waals surface area contributed by atoms with Crippen LogP contribution in [-0.2, 0) is 0 Å². The van der Waals surface area contributed by atoms with Gasteiger partial charge in [-0.25, -0.2) is 4.39 Å². The van der Waals surface area contributed by atoms with Gasteiger partial charge in [-0.1, -0.05) is 73.5 Å². The third-order valence-corrected chi connectivity index (χ3v) is 11.3. The topological polar surface area (TPSA) is 37.4 Å². The lowest BCUT2D eigenvalue weighted by atomic mass is 10.1. The summed E-state index contributed by atoms with van der Waals surface area (Å²) in [6.07, 6.45) is 4.16. The van der Waals surface area contributed by atoms with Crippen LogP contribution in [0.3, 0.4) is 0 Å². The van der Waals surface area contributed by atoms with Crippen molar-refractivity contribution in [1.29, 1.82) is 0 Å². The first-order valence-corrected chi connectivity index (χ1v) is 15.2. The predicted octanol–water partition coefficient (Wildman–Crippen LogP) is 7.62. The zero-order chi connectivity index (χ0) is 25.5. The summed E-state index contributed by atoms with van der Waals surface area (Å²) in [5.74, 6) is -0.717. The number of hydrogen-bond acceptors (Lipinski definition) is 4. The molecule has 4 aromatic rings. The van der Waals surface area contributed by atoms with Crippen molar-refractivity contribution in [3.8, 4) is 0 Å². The van der Waals surface area contributed by atoms with Gasteiger partial charge in [-0.2, -0.15) is 0 Å². The van der Waals surface area contributed by atoms with Gasteiger partial charge in [0, 0.05) is 27.4 Å². The number of fused-ring (bicyclic) bond motifs is 1. The highest BCUT2D eigenvalue weighted by atomic mass is 32.1. The number of thiophene rings is 1.